The number of carbonyl (C=O) groups excluding carboxylic acids is 3. The molecule has 1 heterocycles. The van der Waals surface area contributed by atoms with Crippen LogP contribution in [0, 0.1) is 0 Å². The Balaban J connectivity index is 2.88. The molecule has 6 heteroatoms. The van der Waals surface area contributed by atoms with Crippen LogP contribution in [0.2, 0.25) is 0 Å². The number of hydrogen-bond donors (Lipinski definition) is 1. The zero-order valence-corrected chi connectivity index (χ0v) is 8.85. The highest BCUT2D eigenvalue weighted by Gasteiger charge is 2.30. The quantitative estimate of drug-likeness (QED) is 0.447. The van der Waals surface area contributed by atoms with Gasteiger partial charge in [0.1, 0.15) is 0 Å². The van der Waals surface area contributed by atoms with Crippen molar-refractivity contribution in [3.8, 4) is 0 Å². The van der Waals surface area contributed by atoms with Crippen molar-refractivity contribution in [1.82, 2.24) is 5.32 Å². The Morgan fingerprint density at radius 2 is 2.12 bits per heavy atom. The van der Waals surface area contributed by atoms with Crippen LogP contribution >= 0.6 is 0 Å². The standard InChI is InChI=1S/C10H11NO5/c1-6(12)11-8(10(14)15-2)9(13)7-4-3-5-16-7/h3-5,8H,1-2H3,(H,11,12). The van der Waals surface area contributed by atoms with Crippen molar-refractivity contribution in [3.05, 3.63) is 24.2 Å². The molecule has 0 aromatic carbocycles. The molecule has 0 saturated heterocycles. The first-order chi connectivity index (χ1) is 7.56. The summed E-state index contributed by atoms with van der Waals surface area (Å²) >= 11 is 0. The van der Waals surface area contributed by atoms with Gasteiger partial charge in [-0.25, -0.2) is 4.79 Å². The zero-order chi connectivity index (χ0) is 12.1. The van der Waals surface area contributed by atoms with Crippen LogP contribution in [0.25, 0.3) is 0 Å². The average molecular weight is 225 g/mol. The number of esters is 1. The molecule has 0 spiro atoms. The molecule has 1 rings (SSSR count). The lowest BCUT2D eigenvalue weighted by Crippen LogP contribution is -2.46. The molecule has 1 unspecified atom stereocenters. The number of carbonyl (C=O) groups is 3. The molecule has 86 valence electrons. The van der Waals surface area contributed by atoms with E-state index in [4.69, 9.17) is 4.42 Å². The smallest absolute Gasteiger partial charge is 0.336 e. The van der Waals surface area contributed by atoms with Gasteiger partial charge in [-0.1, -0.05) is 0 Å². The van der Waals surface area contributed by atoms with E-state index in [-0.39, 0.29) is 5.76 Å². The molecule has 1 N–H and O–H groups in total. The van der Waals surface area contributed by atoms with Crippen LogP contribution in [0.1, 0.15) is 17.5 Å². The summed E-state index contributed by atoms with van der Waals surface area (Å²) in [4.78, 5) is 33.9. The van der Waals surface area contributed by atoms with Gasteiger partial charge in [0.05, 0.1) is 13.4 Å². The van der Waals surface area contributed by atoms with Gasteiger partial charge in [0.15, 0.2) is 11.8 Å². The van der Waals surface area contributed by atoms with Crippen LogP contribution in [0.3, 0.4) is 0 Å². The van der Waals surface area contributed by atoms with E-state index < -0.39 is 23.7 Å². The summed E-state index contributed by atoms with van der Waals surface area (Å²) < 4.78 is 9.26. The number of hydrogen-bond acceptors (Lipinski definition) is 5. The van der Waals surface area contributed by atoms with Crippen molar-refractivity contribution < 1.29 is 23.5 Å². The number of Topliss-reactive ketones (excluding diaryl/α,β-unsaturated/α-hetero) is 1. The summed E-state index contributed by atoms with van der Waals surface area (Å²) in [5, 5.41) is 2.20. The maximum absolute atomic E-state index is 11.7. The normalized spacial score (nSPS) is 11.6. The van der Waals surface area contributed by atoms with Gasteiger partial charge in [-0.05, 0) is 12.1 Å². The Bertz CT molecular complexity index is 395. The van der Waals surface area contributed by atoms with E-state index in [0.717, 1.165) is 7.11 Å². The summed E-state index contributed by atoms with van der Waals surface area (Å²) in [7, 11) is 1.13. The SMILES string of the molecule is COC(=O)C(NC(C)=O)C(=O)c1ccco1. The summed E-state index contributed by atoms with van der Waals surface area (Å²) in [6, 6.07) is 1.55. The molecule has 0 radical (unpaired) electrons. The molecule has 16 heavy (non-hydrogen) atoms. The highest BCUT2D eigenvalue weighted by Crippen LogP contribution is 2.05. The number of rotatable bonds is 4. The number of ether oxygens (including phenoxy) is 1. The fourth-order valence-corrected chi connectivity index (χ4v) is 1.11. The molecular weight excluding hydrogens is 214 g/mol. The van der Waals surface area contributed by atoms with Gasteiger partial charge >= 0.3 is 5.97 Å². The third-order valence-corrected chi connectivity index (χ3v) is 1.81. The predicted molar refractivity (Wildman–Crippen MR) is 52.7 cm³/mol. The fourth-order valence-electron chi connectivity index (χ4n) is 1.11. The Labute approximate surface area is 91.6 Å². The number of furan rings is 1. The van der Waals surface area contributed by atoms with Crippen LogP contribution in [0.15, 0.2) is 22.8 Å². The first-order valence-electron chi connectivity index (χ1n) is 4.49. The molecule has 6 nitrogen and oxygen atoms in total. The molecule has 0 saturated carbocycles. The molecule has 0 aliphatic rings. The molecule has 0 aliphatic carbocycles. The van der Waals surface area contributed by atoms with Crippen molar-refractivity contribution in [3.63, 3.8) is 0 Å². The van der Waals surface area contributed by atoms with Crippen molar-refractivity contribution in [2.45, 2.75) is 13.0 Å². The minimum atomic E-state index is -1.37. The van der Waals surface area contributed by atoms with Gasteiger partial charge < -0.3 is 14.5 Å². The molecule has 0 bridgehead atoms. The van der Waals surface area contributed by atoms with Crippen LogP contribution in [0.4, 0.5) is 0 Å². The number of nitrogens with one attached hydrogen (secondary N) is 1. The second-order valence-electron chi connectivity index (χ2n) is 3.00. The highest BCUT2D eigenvalue weighted by molar-refractivity contribution is 6.12. The van der Waals surface area contributed by atoms with E-state index in [0.29, 0.717) is 0 Å². The van der Waals surface area contributed by atoms with Crippen molar-refractivity contribution >= 4 is 17.7 Å². The lowest BCUT2D eigenvalue weighted by Gasteiger charge is -2.12. The number of ketones is 1. The van der Waals surface area contributed by atoms with E-state index in [1.807, 2.05) is 0 Å². The largest absolute Gasteiger partial charge is 0.467 e. The monoisotopic (exact) mass is 225 g/mol. The molecule has 1 amide bonds. The van der Waals surface area contributed by atoms with E-state index in [1.165, 1.54) is 25.3 Å². The van der Waals surface area contributed by atoms with Gasteiger partial charge in [-0.3, -0.25) is 9.59 Å². The van der Waals surface area contributed by atoms with Crippen molar-refractivity contribution in [2.75, 3.05) is 7.11 Å². The molecule has 1 aromatic heterocycles. The van der Waals surface area contributed by atoms with Gasteiger partial charge in [0, 0.05) is 6.92 Å². The fraction of sp³-hybridized carbons (Fsp3) is 0.300. The number of methoxy groups -OCH3 is 1. The number of amides is 1. The van der Waals surface area contributed by atoms with Gasteiger partial charge in [0.2, 0.25) is 11.7 Å². The molecule has 0 fully saturated rings. The second kappa shape index (κ2) is 5.11. The van der Waals surface area contributed by atoms with Crippen molar-refractivity contribution in [2.24, 2.45) is 0 Å². The van der Waals surface area contributed by atoms with E-state index in [9.17, 15) is 14.4 Å². The van der Waals surface area contributed by atoms with E-state index in [2.05, 4.69) is 10.1 Å². The topological polar surface area (TPSA) is 85.6 Å². The van der Waals surface area contributed by atoms with Gasteiger partial charge in [-0.2, -0.15) is 0 Å². The molecule has 1 atom stereocenters. The molecular formula is C10H11NO5. The molecule has 1 aromatic rings. The Morgan fingerprint density at radius 1 is 1.44 bits per heavy atom. The van der Waals surface area contributed by atoms with E-state index in [1.54, 1.807) is 0 Å². The van der Waals surface area contributed by atoms with E-state index >= 15 is 0 Å². The van der Waals surface area contributed by atoms with Gasteiger partial charge in [0.25, 0.3) is 0 Å². The first kappa shape index (κ1) is 12.0. The third-order valence-electron chi connectivity index (χ3n) is 1.81. The Hall–Kier alpha value is -2.11. The van der Waals surface area contributed by atoms with Crippen LogP contribution in [-0.2, 0) is 14.3 Å². The highest BCUT2D eigenvalue weighted by atomic mass is 16.5. The van der Waals surface area contributed by atoms with Crippen LogP contribution < -0.4 is 5.32 Å². The summed E-state index contributed by atoms with van der Waals surface area (Å²) in [6.07, 6.45) is 1.30. The average Bonchev–Trinajstić information content (AvgIpc) is 2.77. The van der Waals surface area contributed by atoms with Crippen LogP contribution in [-0.4, -0.2) is 30.8 Å². The maximum atomic E-state index is 11.7. The molecule has 0 aliphatic heterocycles. The first-order valence-corrected chi connectivity index (χ1v) is 4.49. The summed E-state index contributed by atoms with van der Waals surface area (Å²) in [6.45, 7) is 1.20. The third kappa shape index (κ3) is 2.69. The summed E-state index contributed by atoms with van der Waals surface area (Å²) in [5.41, 5.74) is 0. The predicted octanol–water partition coefficient (Wildman–Crippen LogP) is 0.140. The van der Waals surface area contributed by atoms with Crippen LogP contribution in [0.5, 0.6) is 0 Å². The maximum Gasteiger partial charge on any atom is 0.336 e. The Morgan fingerprint density at radius 3 is 2.56 bits per heavy atom. The Kier molecular flexibility index (Phi) is 3.82. The van der Waals surface area contributed by atoms with Crippen molar-refractivity contribution in [1.29, 1.82) is 0 Å². The van der Waals surface area contributed by atoms with Gasteiger partial charge in [-0.15, -0.1) is 0 Å². The second-order valence-corrected chi connectivity index (χ2v) is 3.00. The minimum absolute atomic E-state index is 0.0100. The lowest BCUT2D eigenvalue weighted by atomic mass is 10.1. The lowest BCUT2D eigenvalue weighted by molar-refractivity contribution is -0.143. The summed E-state index contributed by atoms with van der Waals surface area (Å²) in [5.74, 6) is -2.00. The minimum Gasteiger partial charge on any atom is -0.467 e. The zero-order valence-electron chi connectivity index (χ0n) is 8.85.